The maximum Gasteiger partial charge on any atom is 0.337 e. The van der Waals surface area contributed by atoms with E-state index in [0.29, 0.717) is 17.7 Å². The Bertz CT molecular complexity index is 802. The van der Waals surface area contributed by atoms with Gasteiger partial charge in [0.2, 0.25) is 0 Å². The number of thiazole rings is 1. The van der Waals surface area contributed by atoms with Gasteiger partial charge in [-0.2, -0.15) is 0 Å². The molecule has 2 aromatic rings. The third-order valence-corrected chi connectivity index (χ3v) is 5.34. The van der Waals surface area contributed by atoms with Crippen molar-refractivity contribution in [2.45, 2.75) is 32.4 Å². The predicted octanol–water partition coefficient (Wildman–Crippen LogP) is 2.71. The zero-order chi connectivity index (χ0) is 18.0. The fourth-order valence-corrected chi connectivity index (χ4v) is 4.04. The maximum atomic E-state index is 13.0. The van der Waals surface area contributed by atoms with E-state index < -0.39 is 5.97 Å². The summed E-state index contributed by atoms with van der Waals surface area (Å²) in [7, 11) is 1.29. The Kier molecular flexibility index (Phi) is 5.15. The van der Waals surface area contributed by atoms with Gasteiger partial charge in [-0.25, -0.2) is 9.78 Å². The lowest BCUT2D eigenvalue weighted by Gasteiger charge is -2.23. The van der Waals surface area contributed by atoms with Crippen LogP contribution in [0.25, 0.3) is 0 Å². The Morgan fingerprint density at radius 1 is 1.36 bits per heavy atom. The molecule has 3 rings (SSSR count). The number of carbonyl (C=O) groups is 2. The summed E-state index contributed by atoms with van der Waals surface area (Å²) in [6.07, 6.45) is 1.79. The van der Waals surface area contributed by atoms with Crippen molar-refractivity contribution in [3.8, 4) is 0 Å². The van der Waals surface area contributed by atoms with Gasteiger partial charge in [-0.05, 0) is 43.5 Å². The van der Waals surface area contributed by atoms with Crippen molar-refractivity contribution in [1.82, 2.24) is 9.88 Å². The summed E-state index contributed by atoms with van der Waals surface area (Å²) in [5.41, 5.74) is 2.10. The summed E-state index contributed by atoms with van der Waals surface area (Å²) in [5.74, 6) is -0.686. The summed E-state index contributed by atoms with van der Waals surface area (Å²) >= 11 is 1.56. The van der Waals surface area contributed by atoms with E-state index in [9.17, 15) is 14.7 Å². The second kappa shape index (κ2) is 7.33. The number of likely N-dealkylation sites (tertiary alicyclic amines) is 1. The lowest BCUT2D eigenvalue weighted by molar-refractivity contribution is 0.0600. The summed E-state index contributed by atoms with van der Waals surface area (Å²) in [5, 5.41) is 12.4. The van der Waals surface area contributed by atoms with E-state index >= 15 is 0 Å². The van der Waals surface area contributed by atoms with Crippen LogP contribution in [0.15, 0.2) is 23.6 Å². The Morgan fingerprint density at radius 2 is 2.12 bits per heavy atom. The SMILES string of the molecule is COC(=O)c1cc(CO)cc(C(=O)N2CCCC2c2nc(C)cs2)c1. The van der Waals surface area contributed by atoms with Gasteiger partial charge < -0.3 is 14.7 Å². The minimum atomic E-state index is -0.530. The lowest BCUT2D eigenvalue weighted by atomic mass is 10.0. The smallest absolute Gasteiger partial charge is 0.337 e. The zero-order valence-electron chi connectivity index (χ0n) is 14.2. The third-order valence-electron chi connectivity index (χ3n) is 4.28. The first-order valence-corrected chi connectivity index (χ1v) is 8.97. The molecular weight excluding hydrogens is 340 g/mol. The molecule has 0 bridgehead atoms. The molecule has 1 amide bonds. The average molecular weight is 360 g/mol. The molecule has 1 aromatic carbocycles. The van der Waals surface area contributed by atoms with Gasteiger partial charge in [-0.15, -0.1) is 11.3 Å². The molecule has 0 radical (unpaired) electrons. The molecule has 1 aromatic heterocycles. The lowest BCUT2D eigenvalue weighted by Crippen LogP contribution is -2.30. The van der Waals surface area contributed by atoms with Crippen molar-refractivity contribution in [1.29, 1.82) is 0 Å². The van der Waals surface area contributed by atoms with Crippen LogP contribution in [0, 0.1) is 6.92 Å². The highest BCUT2D eigenvalue weighted by Crippen LogP contribution is 2.35. The molecule has 132 valence electrons. The summed E-state index contributed by atoms with van der Waals surface area (Å²) in [6, 6.07) is 4.65. The number of hydrogen-bond donors (Lipinski definition) is 1. The molecule has 7 heteroatoms. The molecule has 25 heavy (non-hydrogen) atoms. The number of esters is 1. The van der Waals surface area contributed by atoms with Crippen molar-refractivity contribution in [3.05, 3.63) is 51.0 Å². The molecule has 1 fully saturated rings. The molecule has 0 saturated carbocycles. The van der Waals surface area contributed by atoms with Crippen molar-refractivity contribution >= 4 is 23.2 Å². The van der Waals surface area contributed by atoms with Crippen LogP contribution >= 0.6 is 11.3 Å². The van der Waals surface area contributed by atoms with Gasteiger partial charge in [0.05, 0.1) is 25.3 Å². The van der Waals surface area contributed by atoms with E-state index in [1.165, 1.54) is 19.2 Å². The van der Waals surface area contributed by atoms with Gasteiger partial charge in [0.15, 0.2) is 0 Å². The molecule has 1 unspecified atom stereocenters. The van der Waals surface area contributed by atoms with Crippen molar-refractivity contribution < 1.29 is 19.4 Å². The standard InChI is InChI=1S/C18H20N2O4S/c1-11-10-25-16(19-11)15-4-3-5-20(15)17(22)13-6-12(9-21)7-14(8-13)18(23)24-2/h6-8,10,15,21H,3-5,9H2,1-2H3. The second-order valence-electron chi connectivity index (χ2n) is 6.05. The van der Waals surface area contributed by atoms with Crippen LogP contribution in [0.4, 0.5) is 0 Å². The van der Waals surface area contributed by atoms with Crippen LogP contribution in [-0.4, -0.2) is 40.5 Å². The molecule has 0 aliphatic carbocycles. The van der Waals surface area contributed by atoms with E-state index in [2.05, 4.69) is 4.98 Å². The number of aryl methyl sites for hydroxylation is 1. The van der Waals surface area contributed by atoms with Crippen LogP contribution < -0.4 is 0 Å². The molecule has 6 nitrogen and oxygen atoms in total. The molecule has 1 aliphatic heterocycles. The molecule has 1 aliphatic rings. The monoisotopic (exact) mass is 360 g/mol. The summed E-state index contributed by atoms with van der Waals surface area (Å²) < 4.78 is 4.74. The van der Waals surface area contributed by atoms with Gasteiger partial charge in [-0.1, -0.05) is 0 Å². The number of hydrogen-bond acceptors (Lipinski definition) is 6. The minimum Gasteiger partial charge on any atom is -0.465 e. The van der Waals surface area contributed by atoms with Crippen LogP contribution in [0.2, 0.25) is 0 Å². The topological polar surface area (TPSA) is 79.7 Å². The fourth-order valence-electron chi connectivity index (χ4n) is 3.10. The predicted molar refractivity (Wildman–Crippen MR) is 93.6 cm³/mol. The van der Waals surface area contributed by atoms with Crippen molar-refractivity contribution in [2.75, 3.05) is 13.7 Å². The van der Waals surface area contributed by atoms with Crippen LogP contribution in [0.5, 0.6) is 0 Å². The van der Waals surface area contributed by atoms with Gasteiger partial charge >= 0.3 is 5.97 Å². The number of benzene rings is 1. The van der Waals surface area contributed by atoms with Crippen LogP contribution in [0.1, 0.15) is 55.9 Å². The van der Waals surface area contributed by atoms with Gasteiger partial charge in [-0.3, -0.25) is 4.79 Å². The van der Waals surface area contributed by atoms with Crippen LogP contribution in [0.3, 0.4) is 0 Å². The first-order chi connectivity index (χ1) is 12.0. The minimum absolute atomic E-state index is 0.0365. The Hall–Kier alpha value is -2.25. The summed E-state index contributed by atoms with van der Waals surface area (Å²) in [4.78, 5) is 31.2. The molecule has 1 N–H and O–H groups in total. The largest absolute Gasteiger partial charge is 0.465 e. The van der Waals surface area contributed by atoms with E-state index in [0.717, 1.165) is 23.5 Å². The Balaban J connectivity index is 1.92. The second-order valence-corrected chi connectivity index (χ2v) is 6.94. The van der Waals surface area contributed by atoms with Crippen molar-refractivity contribution in [2.24, 2.45) is 0 Å². The Labute approximate surface area is 150 Å². The molecular formula is C18H20N2O4S. The van der Waals surface area contributed by atoms with E-state index in [-0.39, 0.29) is 24.1 Å². The number of methoxy groups -OCH3 is 1. The summed E-state index contributed by atoms with van der Waals surface area (Å²) in [6.45, 7) is 2.34. The van der Waals surface area contributed by atoms with Gasteiger partial charge in [0.1, 0.15) is 5.01 Å². The maximum absolute atomic E-state index is 13.0. The number of carbonyl (C=O) groups excluding carboxylic acids is 2. The number of ether oxygens (including phenoxy) is 1. The zero-order valence-corrected chi connectivity index (χ0v) is 15.0. The highest BCUT2D eigenvalue weighted by molar-refractivity contribution is 7.09. The number of aliphatic hydroxyl groups is 1. The Morgan fingerprint density at radius 3 is 2.76 bits per heavy atom. The van der Waals surface area contributed by atoms with Crippen molar-refractivity contribution in [3.63, 3.8) is 0 Å². The quantitative estimate of drug-likeness (QED) is 0.848. The van der Waals surface area contributed by atoms with E-state index in [1.54, 1.807) is 22.3 Å². The molecule has 1 atom stereocenters. The van der Waals surface area contributed by atoms with Crippen LogP contribution in [-0.2, 0) is 11.3 Å². The first-order valence-electron chi connectivity index (χ1n) is 8.09. The van der Waals surface area contributed by atoms with Gasteiger partial charge in [0.25, 0.3) is 5.91 Å². The number of aromatic nitrogens is 1. The molecule has 1 saturated heterocycles. The average Bonchev–Trinajstić information content (AvgIpc) is 3.28. The normalized spacial score (nSPS) is 16.9. The fraction of sp³-hybridized carbons (Fsp3) is 0.389. The number of rotatable bonds is 4. The van der Waals surface area contributed by atoms with Gasteiger partial charge in [0, 0.05) is 23.2 Å². The third kappa shape index (κ3) is 3.57. The number of amides is 1. The molecule has 2 heterocycles. The number of aliphatic hydroxyl groups excluding tert-OH is 1. The first kappa shape index (κ1) is 17.6. The van der Waals surface area contributed by atoms with E-state index in [1.807, 2.05) is 12.3 Å². The molecule has 0 spiro atoms. The highest BCUT2D eigenvalue weighted by atomic mass is 32.1. The number of nitrogens with zero attached hydrogens (tertiary/aromatic N) is 2. The highest BCUT2D eigenvalue weighted by Gasteiger charge is 2.32. The van der Waals surface area contributed by atoms with E-state index in [4.69, 9.17) is 4.74 Å².